The van der Waals surface area contributed by atoms with Gasteiger partial charge in [0.05, 0.1) is 5.56 Å². The van der Waals surface area contributed by atoms with Crippen LogP contribution in [-0.2, 0) is 4.79 Å². The van der Waals surface area contributed by atoms with Crippen LogP contribution in [-0.4, -0.2) is 29.3 Å². The molecule has 17 heavy (non-hydrogen) atoms. The van der Waals surface area contributed by atoms with Gasteiger partial charge in [-0.25, -0.2) is 4.39 Å². The molecule has 0 spiro atoms. The van der Waals surface area contributed by atoms with Crippen molar-refractivity contribution in [3.63, 3.8) is 0 Å². The van der Waals surface area contributed by atoms with E-state index in [1.54, 1.807) is 6.07 Å². The lowest BCUT2D eigenvalue weighted by Crippen LogP contribution is -2.43. The number of nitrogens with zero attached hydrogens (tertiary/aromatic N) is 1. The Morgan fingerprint density at radius 3 is 2.71 bits per heavy atom. The van der Waals surface area contributed by atoms with E-state index in [0.29, 0.717) is 19.4 Å². The minimum atomic E-state index is -0.609. The van der Waals surface area contributed by atoms with Crippen molar-refractivity contribution in [3.8, 4) is 0 Å². The second kappa shape index (κ2) is 4.53. The third-order valence-corrected chi connectivity index (χ3v) is 2.95. The third-order valence-electron chi connectivity index (χ3n) is 2.95. The third kappa shape index (κ3) is 2.13. The standard InChI is InChI=1S/C12H13FN2O2/c13-9-5-2-1-4-8(9)12(17)15-7-3-6-10(15)11(14)16/h1-2,4-5,10H,3,6-7H2,(H2,14,16). The number of primary amides is 1. The number of carbonyl (C=O) groups excluding carboxylic acids is 2. The van der Waals surface area contributed by atoms with Crippen LogP contribution in [0, 0.1) is 5.82 Å². The first-order valence-electron chi connectivity index (χ1n) is 5.46. The highest BCUT2D eigenvalue weighted by molar-refractivity contribution is 5.97. The van der Waals surface area contributed by atoms with Crippen LogP contribution in [0.3, 0.4) is 0 Å². The minimum Gasteiger partial charge on any atom is -0.368 e. The maximum atomic E-state index is 13.5. The Bertz CT molecular complexity index is 462. The summed E-state index contributed by atoms with van der Waals surface area (Å²) in [6, 6.07) is 5.13. The Kier molecular flexibility index (Phi) is 3.08. The summed E-state index contributed by atoms with van der Waals surface area (Å²) in [4.78, 5) is 24.6. The van der Waals surface area contributed by atoms with Gasteiger partial charge in [-0.2, -0.15) is 0 Å². The number of hydrogen-bond acceptors (Lipinski definition) is 2. The van der Waals surface area contributed by atoms with Crippen molar-refractivity contribution >= 4 is 11.8 Å². The molecule has 0 radical (unpaired) electrons. The number of halogens is 1. The molecule has 1 aromatic rings. The molecule has 1 fully saturated rings. The van der Waals surface area contributed by atoms with Gasteiger partial charge in [-0.1, -0.05) is 12.1 Å². The molecule has 1 aliphatic rings. The summed E-state index contributed by atoms with van der Waals surface area (Å²) < 4.78 is 13.5. The molecule has 1 unspecified atom stereocenters. The van der Waals surface area contributed by atoms with Crippen molar-refractivity contribution < 1.29 is 14.0 Å². The fourth-order valence-corrected chi connectivity index (χ4v) is 2.09. The predicted molar refractivity (Wildman–Crippen MR) is 59.7 cm³/mol. The average Bonchev–Trinajstić information content (AvgIpc) is 2.77. The fraction of sp³-hybridized carbons (Fsp3) is 0.333. The first kappa shape index (κ1) is 11.6. The molecule has 1 saturated heterocycles. The molecule has 2 rings (SSSR count). The number of hydrogen-bond donors (Lipinski definition) is 1. The topological polar surface area (TPSA) is 63.4 Å². The van der Waals surface area contributed by atoms with Gasteiger partial charge in [-0.05, 0) is 25.0 Å². The molecule has 4 nitrogen and oxygen atoms in total. The van der Waals surface area contributed by atoms with Crippen LogP contribution in [0.5, 0.6) is 0 Å². The van der Waals surface area contributed by atoms with Gasteiger partial charge >= 0.3 is 0 Å². The number of benzene rings is 1. The highest BCUT2D eigenvalue weighted by Crippen LogP contribution is 2.20. The summed E-state index contributed by atoms with van der Waals surface area (Å²) in [5, 5.41) is 0. The number of carbonyl (C=O) groups is 2. The van der Waals surface area contributed by atoms with Gasteiger partial charge in [0.1, 0.15) is 11.9 Å². The highest BCUT2D eigenvalue weighted by atomic mass is 19.1. The van der Waals surface area contributed by atoms with E-state index >= 15 is 0 Å². The van der Waals surface area contributed by atoms with Gasteiger partial charge in [0, 0.05) is 6.54 Å². The molecule has 1 atom stereocenters. The Morgan fingerprint density at radius 1 is 1.35 bits per heavy atom. The van der Waals surface area contributed by atoms with Crippen molar-refractivity contribution in [2.45, 2.75) is 18.9 Å². The van der Waals surface area contributed by atoms with Crippen LogP contribution in [0.15, 0.2) is 24.3 Å². The van der Waals surface area contributed by atoms with E-state index in [9.17, 15) is 14.0 Å². The van der Waals surface area contributed by atoms with E-state index in [1.165, 1.54) is 23.1 Å². The summed E-state index contributed by atoms with van der Waals surface area (Å²) in [6.45, 7) is 0.445. The van der Waals surface area contributed by atoms with Gasteiger partial charge in [0.25, 0.3) is 5.91 Å². The number of likely N-dealkylation sites (tertiary alicyclic amines) is 1. The summed E-state index contributed by atoms with van der Waals surface area (Å²) in [6.07, 6.45) is 1.27. The molecule has 0 bridgehead atoms. The highest BCUT2D eigenvalue weighted by Gasteiger charge is 2.33. The van der Waals surface area contributed by atoms with Gasteiger partial charge in [-0.15, -0.1) is 0 Å². The lowest BCUT2D eigenvalue weighted by atomic mass is 10.1. The maximum absolute atomic E-state index is 13.5. The number of rotatable bonds is 2. The molecule has 2 amide bonds. The summed E-state index contributed by atoms with van der Waals surface area (Å²) in [5.41, 5.74) is 5.20. The minimum absolute atomic E-state index is 0.0133. The molecule has 0 aliphatic carbocycles. The normalized spacial score (nSPS) is 19.4. The summed E-state index contributed by atoms with van der Waals surface area (Å²) >= 11 is 0. The Labute approximate surface area is 98.2 Å². The Hall–Kier alpha value is -1.91. The molecular weight excluding hydrogens is 223 g/mol. The Morgan fingerprint density at radius 2 is 2.06 bits per heavy atom. The molecule has 1 aliphatic heterocycles. The van der Waals surface area contributed by atoms with Crippen LogP contribution in [0.2, 0.25) is 0 Å². The zero-order valence-corrected chi connectivity index (χ0v) is 9.23. The molecule has 1 heterocycles. The first-order valence-corrected chi connectivity index (χ1v) is 5.46. The fourth-order valence-electron chi connectivity index (χ4n) is 2.09. The average molecular weight is 236 g/mol. The van der Waals surface area contributed by atoms with Gasteiger partial charge in [0.15, 0.2) is 0 Å². The number of amides is 2. The van der Waals surface area contributed by atoms with Crippen molar-refractivity contribution in [1.29, 1.82) is 0 Å². The van der Waals surface area contributed by atoms with Gasteiger partial charge < -0.3 is 10.6 Å². The molecular formula is C12H13FN2O2. The van der Waals surface area contributed by atoms with E-state index in [0.717, 1.165) is 0 Å². The van der Waals surface area contributed by atoms with Gasteiger partial charge in [-0.3, -0.25) is 9.59 Å². The van der Waals surface area contributed by atoms with Crippen molar-refractivity contribution in [2.75, 3.05) is 6.54 Å². The zero-order chi connectivity index (χ0) is 12.4. The van der Waals surface area contributed by atoms with Gasteiger partial charge in [0.2, 0.25) is 5.91 Å². The first-order chi connectivity index (χ1) is 8.11. The quantitative estimate of drug-likeness (QED) is 0.829. The summed E-state index contributed by atoms with van der Waals surface area (Å²) in [5.74, 6) is -1.58. The molecule has 2 N–H and O–H groups in total. The summed E-state index contributed by atoms with van der Waals surface area (Å²) in [7, 11) is 0. The van der Waals surface area contributed by atoms with Crippen LogP contribution in [0.1, 0.15) is 23.2 Å². The second-order valence-electron chi connectivity index (χ2n) is 4.04. The van der Waals surface area contributed by atoms with E-state index in [-0.39, 0.29) is 5.56 Å². The molecule has 90 valence electrons. The van der Waals surface area contributed by atoms with E-state index in [1.807, 2.05) is 0 Å². The van der Waals surface area contributed by atoms with E-state index < -0.39 is 23.7 Å². The van der Waals surface area contributed by atoms with Crippen molar-refractivity contribution in [2.24, 2.45) is 5.73 Å². The van der Waals surface area contributed by atoms with E-state index in [2.05, 4.69) is 0 Å². The predicted octanol–water partition coefficient (Wildman–Crippen LogP) is 0.916. The molecule has 0 saturated carbocycles. The lowest BCUT2D eigenvalue weighted by molar-refractivity contribution is -0.121. The smallest absolute Gasteiger partial charge is 0.257 e. The van der Waals surface area contributed by atoms with Crippen LogP contribution >= 0.6 is 0 Å². The zero-order valence-electron chi connectivity index (χ0n) is 9.23. The van der Waals surface area contributed by atoms with E-state index in [4.69, 9.17) is 5.73 Å². The maximum Gasteiger partial charge on any atom is 0.257 e. The number of nitrogens with two attached hydrogens (primary N) is 1. The van der Waals surface area contributed by atoms with Crippen molar-refractivity contribution in [3.05, 3.63) is 35.6 Å². The monoisotopic (exact) mass is 236 g/mol. The van der Waals surface area contributed by atoms with Crippen LogP contribution in [0.25, 0.3) is 0 Å². The SMILES string of the molecule is NC(=O)C1CCCN1C(=O)c1ccccc1F. The van der Waals surface area contributed by atoms with Crippen LogP contribution < -0.4 is 5.73 Å². The van der Waals surface area contributed by atoms with Crippen LogP contribution in [0.4, 0.5) is 4.39 Å². The Balaban J connectivity index is 2.26. The largest absolute Gasteiger partial charge is 0.368 e. The molecule has 5 heteroatoms. The second-order valence-corrected chi connectivity index (χ2v) is 4.04. The molecule has 1 aromatic carbocycles. The lowest BCUT2D eigenvalue weighted by Gasteiger charge is -2.22. The van der Waals surface area contributed by atoms with Crippen molar-refractivity contribution in [1.82, 2.24) is 4.90 Å². The molecule has 0 aromatic heterocycles.